The molecule has 0 aliphatic carbocycles. The zero-order valence-electron chi connectivity index (χ0n) is 16.1. The van der Waals surface area contributed by atoms with Crippen molar-refractivity contribution in [3.8, 4) is 5.75 Å². The van der Waals surface area contributed by atoms with Gasteiger partial charge in [0.1, 0.15) is 5.76 Å². The van der Waals surface area contributed by atoms with E-state index in [2.05, 4.69) is 10.1 Å². The molecule has 0 unspecified atom stereocenters. The van der Waals surface area contributed by atoms with E-state index in [1.807, 2.05) is 24.8 Å². The van der Waals surface area contributed by atoms with Crippen LogP contribution in [0.1, 0.15) is 29.0 Å². The summed E-state index contributed by atoms with van der Waals surface area (Å²) in [6.45, 7) is 7.40. The Kier molecular flexibility index (Phi) is 6.11. The Hall–Kier alpha value is -2.41. The van der Waals surface area contributed by atoms with Crippen LogP contribution in [0, 0.1) is 19.7 Å². The molecule has 1 aromatic carbocycles. The van der Waals surface area contributed by atoms with E-state index < -0.39 is 0 Å². The van der Waals surface area contributed by atoms with Crippen LogP contribution < -0.4 is 4.74 Å². The molecule has 1 aliphatic heterocycles. The number of piperazine rings is 1. The number of amides is 1. The molecule has 146 valence electrons. The lowest BCUT2D eigenvalue weighted by Crippen LogP contribution is -2.48. The zero-order valence-corrected chi connectivity index (χ0v) is 16.1. The SMILES string of the molecule is COc1ccc(CN2CCN(C(=O)CCc3c(C)noc3C)CC2)cc1F. The molecule has 1 amide bonds. The smallest absolute Gasteiger partial charge is 0.222 e. The van der Waals surface area contributed by atoms with Crippen molar-refractivity contribution in [2.75, 3.05) is 33.3 Å². The van der Waals surface area contributed by atoms with E-state index in [-0.39, 0.29) is 17.5 Å². The van der Waals surface area contributed by atoms with Gasteiger partial charge in [0.05, 0.1) is 12.8 Å². The number of hydrogen-bond donors (Lipinski definition) is 0. The molecule has 2 aromatic rings. The number of rotatable bonds is 6. The molecule has 1 fully saturated rings. The van der Waals surface area contributed by atoms with Crippen LogP contribution >= 0.6 is 0 Å². The number of aromatic nitrogens is 1. The normalized spacial score (nSPS) is 15.2. The van der Waals surface area contributed by atoms with Crippen molar-refractivity contribution >= 4 is 5.91 Å². The summed E-state index contributed by atoms with van der Waals surface area (Å²) >= 11 is 0. The molecule has 1 aliphatic rings. The van der Waals surface area contributed by atoms with Crippen LogP contribution in [0.3, 0.4) is 0 Å². The number of halogens is 1. The van der Waals surface area contributed by atoms with Gasteiger partial charge in [-0.05, 0) is 38.0 Å². The zero-order chi connectivity index (χ0) is 19.4. The number of nitrogens with zero attached hydrogens (tertiary/aromatic N) is 3. The van der Waals surface area contributed by atoms with Gasteiger partial charge >= 0.3 is 0 Å². The summed E-state index contributed by atoms with van der Waals surface area (Å²) in [7, 11) is 1.46. The molecule has 3 rings (SSSR count). The fourth-order valence-electron chi connectivity index (χ4n) is 3.47. The summed E-state index contributed by atoms with van der Waals surface area (Å²) in [6, 6.07) is 5.04. The van der Waals surface area contributed by atoms with Crippen LogP contribution in [-0.4, -0.2) is 54.2 Å². The lowest BCUT2D eigenvalue weighted by atomic mass is 10.1. The third-order valence-corrected chi connectivity index (χ3v) is 5.12. The van der Waals surface area contributed by atoms with Gasteiger partial charge in [-0.3, -0.25) is 9.69 Å². The standard InChI is InChI=1S/C20H26FN3O3/c1-14-17(15(2)27-22-14)5-7-20(25)24-10-8-23(9-11-24)13-16-4-6-19(26-3)18(21)12-16/h4,6,12H,5,7-11,13H2,1-3H3. The minimum Gasteiger partial charge on any atom is -0.494 e. The van der Waals surface area contributed by atoms with Crippen LogP contribution in [0.2, 0.25) is 0 Å². The van der Waals surface area contributed by atoms with Crippen molar-refractivity contribution in [1.29, 1.82) is 0 Å². The highest BCUT2D eigenvalue weighted by atomic mass is 19.1. The monoisotopic (exact) mass is 375 g/mol. The minimum atomic E-state index is -0.344. The molecule has 0 spiro atoms. The average Bonchev–Trinajstić information content (AvgIpc) is 2.98. The first-order chi connectivity index (χ1) is 13.0. The van der Waals surface area contributed by atoms with E-state index in [9.17, 15) is 9.18 Å². The Morgan fingerprint density at radius 2 is 2.00 bits per heavy atom. The van der Waals surface area contributed by atoms with Gasteiger partial charge in [-0.25, -0.2) is 4.39 Å². The molecule has 0 atom stereocenters. The summed E-state index contributed by atoms with van der Waals surface area (Å²) < 4.78 is 23.9. The molecule has 1 saturated heterocycles. The van der Waals surface area contributed by atoms with Crippen LogP contribution in [0.25, 0.3) is 0 Å². The first kappa shape index (κ1) is 19.4. The maximum atomic E-state index is 13.8. The Bertz CT molecular complexity index is 778. The van der Waals surface area contributed by atoms with Gasteiger partial charge in [-0.1, -0.05) is 11.2 Å². The Morgan fingerprint density at radius 3 is 2.59 bits per heavy atom. The van der Waals surface area contributed by atoms with Crippen molar-refractivity contribution in [1.82, 2.24) is 15.0 Å². The number of hydrogen-bond acceptors (Lipinski definition) is 5. The fraction of sp³-hybridized carbons (Fsp3) is 0.500. The molecular formula is C20H26FN3O3. The number of aryl methyl sites for hydroxylation is 2. The molecule has 0 radical (unpaired) electrons. The predicted octanol–water partition coefficient (Wildman–Crippen LogP) is 2.72. The molecule has 2 heterocycles. The molecule has 6 nitrogen and oxygen atoms in total. The lowest BCUT2D eigenvalue weighted by Gasteiger charge is -2.34. The van der Waals surface area contributed by atoms with Gasteiger partial charge in [0.25, 0.3) is 0 Å². The van der Waals surface area contributed by atoms with Gasteiger partial charge < -0.3 is 14.2 Å². The maximum Gasteiger partial charge on any atom is 0.222 e. The predicted molar refractivity (Wildman–Crippen MR) is 99.1 cm³/mol. The van der Waals surface area contributed by atoms with E-state index in [1.54, 1.807) is 6.07 Å². The van der Waals surface area contributed by atoms with Gasteiger partial charge in [0.15, 0.2) is 11.6 Å². The molecule has 7 heteroatoms. The highest BCUT2D eigenvalue weighted by Gasteiger charge is 2.22. The molecule has 0 bridgehead atoms. The third kappa shape index (κ3) is 4.66. The quantitative estimate of drug-likeness (QED) is 0.777. The highest BCUT2D eigenvalue weighted by molar-refractivity contribution is 5.76. The van der Waals surface area contributed by atoms with E-state index in [1.165, 1.54) is 13.2 Å². The molecule has 27 heavy (non-hydrogen) atoms. The summed E-state index contributed by atoms with van der Waals surface area (Å²) in [5, 5.41) is 3.93. The molecule has 0 N–H and O–H groups in total. The van der Waals surface area contributed by atoms with Gasteiger partial charge in [-0.2, -0.15) is 0 Å². The summed E-state index contributed by atoms with van der Waals surface area (Å²) in [5.74, 6) is 0.859. The van der Waals surface area contributed by atoms with Crippen LogP contribution in [0.4, 0.5) is 4.39 Å². The Labute approximate surface area is 158 Å². The highest BCUT2D eigenvalue weighted by Crippen LogP contribution is 2.19. The third-order valence-electron chi connectivity index (χ3n) is 5.12. The molecule has 0 saturated carbocycles. The Balaban J connectivity index is 1.47. The van der Waals surface area contributed by atoms with Crippen molar-refractivity contribution < 1.29 is 18.4 Å². The van der Waals surface area contributed by atoms with Crippen molar-refractivity contribution in [3.63, 3.8) is 0 Å². The second kappa shape index (κ2) is 8.52. The second-order valence-corrected chi connectivity index (χ2v) is 6.93. The Morgan fingerprint density at radius 1 is 1.26 bits per heavy atom. The second-order valence-electron chi connectivity index (χ2n) is 6.93. The van der Waals surface area contributed by atoms with Crippen LogP contribution in [-0.2, 0) is 17.8 Å². The summed E-state index contributed by atoms with van der Waals surface area (Å²) in [5.41, 5.74) is 2.80. The maximum absolute atomic E-state index is 13.8. The number of benzene rings is 1. The van der Waals surface area contributed by atoms with Crippen molar-refractivity contribution in [2.45, 2.75) is 33.2 Å². The number of carbonyl (C=O) groups excluding carboxylic acids is 1. The fourth-order valence-corrected chi connectivity index (χ4v) is 3.47. The minimum absolute atomic E-state index is 0.158. The number of carbonyl (C=O) groups is 1. The van der Waals surface area contributed by atoms with Crippen LogP contribution in [0.5, 0.6) is 5.75 Å². The first-order valence-electron chi connectivity index (χ1n) is 9.22. The van der Waals surface area contributed by atoms with Crippen molar-refractivity contribution in [3.05, 3.63) is 46.6 Å². The number of methoxy groups -OCH3 is 1. The topological polar surface area (TPSA) is 58.8 Å². The summed E-state index contributed by atoms with van der Waals surface area (Å²) in [4.78, 5) is 16.6. The molecule has 1 aromatic heterocycles. The van der Waals surface area contributed by atoms with E-state index in [4.69, 9.17) is 9.26 Å². The van der Waals surface area contributed by atoms with Gasteiger partial charge in [0, 0.05) is 44.7 Å². The average molecular weight is 375 g/mol. The largest absolute Gasteiger partial charge is 0.494 e. The lowest BCUT2D eigenvalue weighted by molar-refractivity contribution is -0.133. The van der Waals surface area contributed by atoms with Gasteiger partial charge in [-0.15, -0.1) is 0 Å². The molecular weight excluding hydrogens is 349 g/mol. The van der Waals surface area contributed by atoms with E-state index >= 15 is 0 Å². The van der Waals surface area contributed by atoms with Crippen LogP contribution in [0.15, 0.2) is 22.7 Å². The number of ether oxygens (including phenoxy) is 1. The summed E-state index contributed by atoms with van der Waals surface area (Å²) in [6.07, 6.45) is 1.12. The van der Waals surface area contributed by atoms with E-state index in [0.29, 0.717) is 32.5 Å². The van der Waals surface area contributed by atoms with Crippen molar-refractivity contribution in [2.24, 2.45) is 0 Å². The van der Waals surface area contributed by atoms with E-state index in [0.717, 1.165) is 35.7 Å². The van der Waals surface area contributed by atoms with Gasteiger partial charge in [0.2, 0.25) is 5.91 Å². The first-order valence-corrected chi connectivity index (χ1v) is 9.22.